The Morgan fingerprint density at radius 3 is 1.91 bits per heavy atom. The molecule has 1 aromatic carbocycles. The van der Waals surface area contributed by atoms with Crippen molar-refractivity contribution in [2.75, 3.05) is 6.61 Å². The van der Waals surface area contributed by atoms with Crippen molar-refractivity contribution in [2.24, 2.45) is 0 Å². The Kier molecular flexibility index (Phi) is 5.66. The number of aryl methyl sites for hydroxylation is 1. The van der Waals surface area contributed by atoms with Crippen LogP contribution in [0, 0.1) is 6.92 Å². The first-order valence-corrected chi connectivity index (χ1v) is 7.78. The van der Waals surface area contributed by atoms with Crippen LogP contribution in [0.15, 0.2) is 12.1 Å². The lowest BCUT2D eigenvalue weighted by atomic mass is 9.78. The van der Waals surface area contributed by atoms with Crippen LogP contribution in [-0.2, 0) is 26.8 Å². The zero-order valence-electron chi connectivity index (χ0n) is 14.7. The predicted octanol–water partition coefficient (Wildman–Crippen LogP) is 4.30. The molecule has 0 aliphatic heterocycles. The minimum absolute atomic E-state index is 0.159. The fourth-order valence-electron chi connectivity index (χ4n) is 2.41. The van der Waals surface area contributed by atoms with Gasteiger partial charge in [0.15, 0.2) is 0 Å². The number of hydrogen-bond acceptors (Lipinski definition) is 3. The first-order chi connectivity index (χ1) is 9.96. The smallest absolute Gasteiger partial charge is 0.306 e. The SMILES string of the molecule is [CH2]COC(=O)CCc1cc(C(C)(C)C)c(O)c(C(C)(C)C)c1. The summed E-state index contributed by atoms with van der Waals surface area (Å²) in [6, 6.07) is 4.00. The van der Waals surface area contributed by atoms with E-state index < -0.39 is 0 Å². The molecule has 22 heavy (non-hydrogen) atoms. The van der Waals surface area contributed by atoms with Crippen molar-refractivity contribution in [1.29, 1.82) is 0 Å². The summed E-state index contributed by atoms with van der Waals surface area (Å²) in [4.78, 5) is 11.5. The predicted molar refractivity (Wildman–Crippen MR) is 90.1 cm³/mol. The van der Waals surface area contributed by atoms with Crippen LogP contribution in [0.3, 0.4) is 0 Å². The lowest BCUT2D eigenvalue weighted by molar-refractivity contribution is -0.142. The third-order valence-electron chi connectivity index (χ3n) is 3.67. The van der Waals surface area contributed by atoms with Crippen LogP contribution in [0.4, 0.5) is 0 Å². The van der Waals surface area contributed by atoms with Crippen LogP contribution in [0.5, 0.6) is 5.75 Å². The van der Waals surface area contributed by atoms with E-state index in [1.807, 2.05) is 12.1 Å². The van der Waals surface area contributed by atoms with Gasteiger partial charge < -0.3 is 9.84 Å². The van der Waals surface area contributed by atoms with Gasteiger partial charge in [-0.25, -0.2) is 0 Å². The van der Waals surface area contributed by atoms with E-state index in [1.54, 1.807) is 0 Å². The summed E-state index contributed by atoms with van der Waals surface area (Å²) in [5, 5.41) is 10.6. The van der Waals surface area contributed by atoms with Gasteiger partial charge >= 0.3 is 5.97 Å². The minimum Gasteiger partial charge on any atom is -0.507 e. The van der Waals surface area contributed by atoms with Crippen molar-refractivity contribution < 1.29 is 14.6 Å². The highest BCUT2D eigenvalue weighted by Crippen LogP contribution is 2.39. The molecule has 0 bridgehead atoms. The van der Waals surface area contributed by atoms with Gasteiger partial charge in [-0.3, -0.25) is 4.79 Å². The summed E-state index contributed by atoms with van der Waals surface area (Å²) in [6.07, 6.45) is 0.929. The van der Waals surface area contributed by atoms with Crippen LogP contribution in [0.25, 0.3) is 0 Å². The molecule has 1 radical (unpaired) electrons. The number of hydrogen-bond donors (Lipinski definition) is 1. The van der Waals surface area contributed by atoms with Crippen LogP contribution in [0.1, 0.15) is 64.7 Å². The lowest BCUT2D eigenvalue weighted by Gasteiger charge is -2.28. The van der Waals surface area contributed by atoms with Gasteiger partial charge in [-0.15, -0.1) is 0 Å². The van der Waals surface area contributed by atoms with E-state index in [-0.39, 0.29) is 23.4 Å². The molecule has 0 aliphatic carbocycles. The number of rotatable bonds is 4. The fraction of sp³-hybridized carbons (Fsp3) is 0.579. The van der Waals surface area contributed by atoms with Crippen molar-refractivity contribution in [3.63, 3.8) is 0 Å². The Morgan fingerprint density at radius 2 is 1.55 bits per heavy atom. The molecule has 0 saturated carbocycles. The molecule has 123 valence electrons. The zero-order valence-corrected chi connectivity index (χ0v) is 14.7. The summed E-state index contributed by atoms with van der Waals surface area (Å²) >= 11 is 0. The lowest BCUT2D eigenvalue weighted by Crippen LogP contribution is -2.18. The highest BCUT2D eigenvalue weighted by atomic mass is 16.5. The Morgan fingerprint density at radius 1 is 1.09 bits per heavy atom. The highest BCUT2D eigenvalue weighted by molar-refractivity contribution is 5.69. The molecule has 0 heterocycles. The number of carbonyl (C=O) groups is 1. The molecule has 0 aliphatic rings. The minimum atomic E-state index is -0.238. The average molecular weight is 305 g/mol. The molecule has 1 aromatic rings. The number of aromatic hydroxyl groups is 1. The zero-order chi connectivity index (χ0) is 17.1. The first kappa shape index (κ1) is 18.5. The summed E-state index contributed by atoms with van der Waals surface area (Å²) in [6.45, 7) is 16.1. The molecule has 0 unspecified atom stereocenters. The van der Waals surface area contributed by atoms with Crippen LogP contribution >= 0.6 is 0 Å². The Hall–Kier alpha value is -1.51. The maximum absolute atomic E-state index is 11.5. The molecule has 0 amide bonds. The van der Waals surface area contributed by atoms with Crippen molar-refractivity contribution >= 4 is 5.97 Å². The Balaban J connectivity index is 3.21. The average Bonchev–Trinajstić information content (AvgIpc) is 2.35. The van der Waals surface area contributed by atoms with Crippen LogP contribution in [0.2, 0.25) is 0 Å². The number of phenolic OH excluding ortho intramolecular Hbond substituents is 1. The molecular formula is C19H29O3. The molecule has 0 fully saturated rings. The molecule has 3 nitrogen and oxygen atoms in total. The van der Waals surface area contributed by atoms with Gasteiger partial charge in [0, 0.05) is 6.42 Å². The standard InChI is InChI=1S/C19H29O3/c1-8-22-16(20)10-9-13-11-14(18(2,3)4)17(21)15(12-13)19(5,6)7/h11-12,21H,1,8-10H2,2-7H3. The summed E-state index contributed by atoms with van der Waals surface area (Å²) in [5.41, 5.74) is 2.57. The molecule has 0 spiro atoms. The van der Waals surface area contributed by atoms with Gasteiger partial charge in [0.2, 0.25) is 0 Å². The van der Waals surface area contributed by atoms with Crippen molar-refractivity contribution in [1.82, 2.24) is 0 Å². The second-order valence-corrected chi connectivity index (χ2v) is 7.76. The summed E-state index contributed by atoms with van der Waals surface area (Å²) in [7, 11) is 0. The van der Waals surface area contributed by atoms with Crippen molar-refractivity contribution in [3.8, 4) is 5.75 Å². The van der Waals surface area contributed by atoms with Crippen molar-refractivity contribution in [3.05, 3.63) is 35.7 Å². The van der Waals surface area contributed by atoms with E-state index in [9.17, 15) is 9.90 Å². The normalized spacial score (nSPS) is 12.3. The number of phenols is 1. The third kappa shape index (κ3) is 4.75. The van der Waals surface area contributed by atoms with Crippen molar-refractivity contribution in [2.45, 2.75) is 65.2 Å². The third-order valence-corrected chi connectivity index (χ3v) is 3.67. The Bertz CT molecular complexity index is 496. The quantitative estimate of drug-likeness (QED) is 0.844. The molecule has 0 saturated heterocycles. The maximum Gasteiger partial charge on any atom is 0.306 e. The first-order valence-electron chi connectivity index (χ1n) is 7.78. The number of ether oxygens (including phenoxy) is 1. The fourth-order valence-corrected chi connectivity index (χ4v) is 2.41. The second kappa shape index (κ2) is 6.72. The van der Waals surface area contributed by atoms with E-state index >= 15 is 0 Å². The topological polar surface area (TPSA) is 46.5 Å². The molecule has 1 N–H and O–H groups in total. The van der Waals surface area contributed by atoms with E-state index in [1.165, 1.54) is 0 Å². The number of carbonyl (C=O) groups excluding carboxylic acids is 1. The van der Waals surface area contributed by atoms with E-state index in [0.717, 1.165) is 16.7 Å². The molecule has 0 atom stereocenters. The van der Waals surface area contributed by atoms with Gasteiger partial charge in [-0.2, -0.15) is 0 Å². The molecule has 0 aromatic heterocycles. The van der Waals surface area contributed by atoms with Crippen LogP contribution < -0.4 is 0 Å². The monoisotopic (exact) mass is 305 g/mol. The van der Waals surface area contributed by atoms with Gasteiger partial charge in [0.25, 0.3) is 0 Å². The van der Waals surface area contributed by atoms with Gasteiger partial charge in [0.05, 0.1) is 6.61 Å². The maximum atomic E-state index is 11.5. The Labute approximate surface area is 134 Å². The largest absolute Gasteiger partial charge is 0.507 e. The summed E-state index contributed by atoms with van der Waals surface area (Å²) < 4.78 is 4.88. The van der Waals surface area contributed by atoms with E-state index in [4.69, 9.17) is 4.74 Å². The second-order valence-electron chi connectivity index (χ2n) is 7.76. The van der Waals surface area contributed by atoms with Gasteiger partial charge in [-0.05, 0) is 40.9 Å². The summed E-state index contributed by atoms with van der Waals surface area (Å²) in [5.74, 6) is 0.127. The molecule has 3 heteroatoms. The van der Waals surface area contributed by atoms with Gasteiger partial charge in [0.1, 0.15) is 5.75 Å². The van der Waals surface area contributed by atoms with E-state index in [2.05, 4.69) is 48.5 Å². The van der Waals surface area contributed by atoms with Gasteiger partial charge in [-0.1, -0.05) is 53.7 Å². The van der Waals surface area contributed by atoms with Crippen LogP contribution in [-0.4, -0.2) is 17.7 Å². The molecular weight excluding hydrogens is 276 g/mol. The highest BCUT2D eigenvalue weighted by Gasteiger charge is 2.26. The molecule has 1 rings (SSSR count). The van der Waals surface area contributed by atoms with E-state index in [0.29, 0.717) is 18.6 Å². The number of benzene rings is 1. The number of esters is 1.